The Kier molecular flexibility index (Phi) is 5.91. The first-order chi connectivity index (χ1) is 14.9. The van der Waals surface area contributed by atoms with Gasteiger partial charge in [0.1, 0.15) is 11.6 Å². The summed E-state index contributed by atoms with van der Waals surface area (Å²) in [6.07, 6.45) is 0. The molecule has 31 heavy (non-hydrogen) atoms. The van der Waals surface area contributed by atoms with Gasteiger partial charge in [0.2, 0.25) is 0 Å². The molecule has 0 saturated carbocycles. The number of halogens is 1. The summed E-state index contributed by atoms with van der Waals surface area (Å²) in [7, 11) is 1.66. The summed E-state index contributed by atoms with van der Waals surface area (Å²) in [5.41, 5.74) is 1.50. The van der Waals surface area contributed by atoms with Crippen LogP contribution in [0.5, 0.6) is 5.75 Å². The number of benzene rings is 2. The minimum Gasteiger partial charge on any atom is -0.497 e. The van der Waals surface area contributed by atoms with E-state index in [0.717, 1.165) is 43.3 Å². The van der Waals surface area contributed by atoms with Crippen LogP contribution in [-0.2, 0) is 5.54 Å². The van der Waals surface area contributed by atoms with Crippen molar-refractivity contribution in [2.45, 2.75) is 32.4 Å². The first-order valence-electron chi connectivity index (χ1n) is 10.5. The molecule has 0 unspecified atom stereocenters. The quantitative estimate of drug-likeness (QED) is 0.625. The van der Waals surface area contributed by atoms with Crippen molar-refractivity contribution in [2.24, 2.45) is 0 Å². The lowest BCUT2D eigenvalue weighted by Gasteiger charge is -2.40. The van der Waals surface area contributed by atoms with Gasteiger partial charge in [-0.15, -0.1) is 5.10 Å². The maximum Gasteiger partial charge on any atom is 0.173 e. The maximum atomic E-state index is 14.3. The van der Waals surface area contributed by atoms with Crippen LogP contribution in [0.3, 0.4) is 0 Å². The molecule has 0 bridgehead atoms. The van der Waals surface area contributed by atoms with Gasteiger partial charge in [-0.1, -0.05) is 24.3 Å². The number of piperazine rings is 1. The Bertz CT molecular complexity index is 1010. The lowest BCUT2D eigenvalue weighted by atomic mass is 10.0. The van der Waals surface area contributed by atoms with Crippen molar-refractivity contribution in [3.05, 3.63) is 65.7 Å². The van der Waals surface area contributed by atoms with Gasteiger partial charge in [0.05, 0.1) is 24.4 Å². The van der Waals surface area contributed by atoms with Gasteiger partial charge in [0.15, 0.2) is 5.82 Å². The number of anilines is 1. The van der Waals surface area contributed by atoms with Crippen LogP contribution < -0.4 is 9.64 Å². The molecule has 2 aromatic carbocycles. The number of rotatable bonds is 5. The van der Waals surface area contributed by atoms with Crippen molar-refractivity contribution in [2.75, 3.05) is 38.2 Å². The van der Waals surface area contributed by atoms with Crippen molar-refractivity contribution < 1.29 is 9.13 Å². The summed E-state index contributed by atoms with van der Waals surface area (Å²) in [4.78, 5) is 4.47. The molecule has 0 N–H and O–H groups in total. The third-order valence-electron chi connectivity index (χ3n) is 5.68. The number of hydrogen-bond donors (Lipinski definition) is 0. The number of methoxy groups -OCH3 is 1. The number of ether oxygens (including phenoxy) is 1. The fourth-order valence-electron chi connectivity index (χ4n) is 4.08. The van der Waals surface area contributed by atoms with Gasteiger partial charge in [-0.3, -0.25) is 4.90 Å². The van der Waals surface area contributed by atoms with Crippen LogP contribution in [0.25, 0.3) is 0 Å². The van der Waals surface area contributed by atoms with Gasteiger partial charge < -0.3 is 9.64 Å². The standard InChI is InChI=1S/C23H29FN6O/c1-23(2,3)30-22(25-26-27-30)21(17-9-11-18(31-4)12-10-17)29-15-13-28(14-16-29)20-8-6-5-7-19(20)24/h5-12,21H,13-16H2,1-4H3/t21-/m1/s1. The van der Waals surface area contributed by atoms with Crippen LogP contribution in [0.4, 0.5) is 10.1 Å². The molecule has 0 radical (unpaired) electrons. The number of para-hydroxylation sites is 1. The van der Waals surface area contributed by atoms with Crippen LogP contribution in [0.1, 0.15) is 38.2 Å². The highest BCUT2D eigenvalue weighted by atomic mass is 19.1. The van der Waals surface area contributed by atoms with Crippen LogP contribution in [0.15, 0.2) is 48.5 Å². The van der Waals surface area contributed by atoms with Crippen molar-refractivity contribution in [1.29, 1.82) is 0 Å². The number of aromatic nitrogens is 4. The molecule has 0 spiro atoms. The van der Waals surface area contributed by atoms with Gasteiger partial charge in [0, 0.05) is 26.2 Å². The monoisotopic (exact) mass is 424 g/mol. The molecule has 1 aliphatic rings. The highest BCUT2D eigenvalue weighted by Gasteiger charge is 2.33. The molecule has 2 heterocycles. The summed E-state index contributed by atoms with van der Waals surface area (Å²) in [6.45, 7) is 9.26. The average Bonchev–Trinajstić information content (AvgIpc) is 3.25. The third kappa shape index (κ3) is 4.39. The molecular formula is C23H29FN6O. The van der Waals surface area contributed by atoms with Gasteiger partial charge in [-0.25, -0.2) is 9.07 Å². The normalized spacial score (nSPS) is 16.4. The second kappa shape index (κ2) is 8.63. The lowest BCUT2D eigenvalue weighted by Crippen LogP contribution is -2.49. The molecule has 4 rings (SSSR count). The molecule has 0 amide bonds. The van der Waals surface area contributed by atoms with E-state index in [1.54, 1.807) is 13.2 Å². The average molecular weight is 425 g/mol. The lowest BCUT2D eigenvalue weighted by molar-refractivity contribution is 0.191. The molecule has 1 aliphatic heterocycles. The third-order valence-corrected chi connectivity index (χ3v) is 5.68. The van der Waals surface area contributed by atoms with E-state index in [1.807, 2.05) is 28.9 Å². The topological polar surface area (TPSA) is 59.3 Å². The molecule has 0 aliphatic carbocycles. The molecule has 7 nitrogen and oxygen atoms in total. The highest BCUT2D eigenvalue weighted by Crippen LogP contribution is 2.32. The van der Waals surface area contributed by atoms with Crippen LogP contribution in [0.2, 0.25) is 0 Å². The smallest absolute Gasteiger partial charge is 0.173 e. The van der Waals surface area contributed by atoms with E-state index in [2.05, 4.69) is 58.2 Å². The van der Waals surface area contributed by atoms with E-state index in [9.17, 15) is 4.39 Å². The zero-order valence-corrected chi connectivity index (χ0v) is 18.5. The van der Waals surface area contributed by atoms with E-state index in [1.165, 1.54) is 6.07 Å². The van der Waals surface area contributed by atoms with Crippen LogP contribution in [0, 0.1) is 5.82 Å². The fourth-order valence-corrected chi connectivity index (χ4v) is 4.08. The Labute approximate surface area is 182 Å². The van der Waals surface area contributed by atoms with E-state index in [4.69, 9.17) is 4.74 Å². The van der Waals surface area contributed by atoms with Crippen molar-refractivity contribution in [3.8, 4) is 5.75 Å². The Balaban J connectivity index is 1.64. The van der Waals surface area contributed by atoms with Gasteiger partial charge >= 0.3 is 0 Å². The predicted octanol–water partition coefficient (Wildman–Crippen LogP) is 3.49. The Morgan fingerprint density at radius 2 is 1.65 bits per heavy atom. The maximum absolute atomic E-state index is 14.3. The first-order valence-corrected chi connectivity index (χ1v) is 10.5. The summed E-state index contributed by atoms with van der Waals surface area (Å²) in [5, 5.41) is 12.7. The summed E-state index contributed by atoms with van der Waals surface area (Å²) >= 11 is 0. The van der Waals surface area contributed by atoms with Gasteiger partial charge in [-0.2, -0.15) is 0 Å². The van der Waals surface area contributed by atoms with E-state index >= 15 is 0 Å². The van der Waals surface area contributed by atoms with E-state index < -0.39 is 0 Å². The number of nitrogens with zero attached hydrogens (tertiary/aromatic N) is 6. The SMILES string of the molecule is COc1ccc([C@H](c2nnnn2C(C)(C)C)N2CCN(c3ccccc3F)CC2)cc1. The molecular weight excluding hydrogens is 395 g/mol. The Morgan fingerprint density at radius 3 is 2.26 bits per heavy atom. The predicted molar refractivity (Wildman–Crippen MR) is 118 cm³/mol. The summed E-state index contributed by atoms with van der Waals surface area (Å²) in [6, 6.07) is 14.9. The fraction of sp³-hybridized carbons (Fsp3) is 0.435. The molecule has 1 aromatic heterocycles. The number of hydrogen-bond acceptors (Lipinski definition) is 6. The minimum absolute atomic E-state index is 0.108. The molecule has 8 heteroatoms. The second-order valence-corrected chi connectivity index (χ2v) is 8.77. The van der Waals surface area contributed by atoms with Crippen molar-refractivity contribution in [1.82, 2.24) is 25.1 Å². The highest BCUT2D eigenvalue weighted by molar-refractivity contribution is 5.48. The zero-order valence-electron chi connectivity index (χ0n) is 18.5. The molecule has 164 valence electrons. The first kappa shape index (κ1) is 21.2. The van der Waals surface area contributed by atoms with Gasteiger partial charge in [0.25, 0.3) is 0 Å². The Morgan fingerprint density at radius 1 is 0.968 bits per heavy atom. The summed E-state index contributed by atoms with van der Waals surface area (Å²) in [5.74, 6) is 1.43. The minimum atomic E-state index is -0.251. The number of tetrazole rings is 1. The molecule has 1 fully saturated rings. The molecule has 1 saturated heterocycles. The second-order valence-electron chi connectivity index (χ2n) is 8.77. The van der Waals surface area contributed by atoms with E-state index in [0.29, 0.717) is 5.69 Å². The summed E-state index contributed by atoms with van der Waals surface area (Å²) < 4.78 is 21.5. The molecule has 1 atom stereocenters. The largest absolute Gasteiger partial charge is 0.497 e. The zero-order chi connectivity index (χ0) is 22.0. The molecule has 3 aromatic rings. The van der Waals surface area contributed by atoms with Gasteiger partial charge in [-0.05, 0) is 61.0 Å². The Hall–Kier alpha value is -3.00. The van der Waals surface area contributed by atoms with E-state index in [-0.39, 0.29) is 17.4 Å². The van der Waals surface area contributed by atoms with Crippen LogP contribution >= 0.6 is 0 Å². The van der Waals surface area contributed by atoms with Crippen molar-refractivity contribution >= 4 is 5.69 Å². The van der Waals surface area contributed by atoms with Crippen molar-refractivity contribution in [3.63, 3.8) is 0 Å². The van der Waals surface area contributed by atoms with Crippen LogP contribution in [-0.4, -0.2) is 58.4 Å².